The van der Waals surface area contributed by atoms with Crippen LogP contribution >= 0.6 is 11.6 Å². The number of nitrogens with one attached hydrogen (secondary N) is 2. The highest BCUT2D eigenvalue weighted by Crippen LogP contribution is 2.40. The summed E-state index contributed by atoms with van der Waals surface area (Å²) in [5.74, 6) is -0.163. The number of carbonyl (C=O) groups is 1. The first kappa shape index (κ1) is 20.2. The first-order chi connectivity index (χ1) is 15.0. The standard InChI is InChI=1S/C22H26ClN7O/c1-29(2)10-9-24-22-26-19(18-15-11-13(23)7-8-17(15)25-21(18)31)16-12-30(28-20(16)27-22)14-5-3-4-6-14/h7-8,11-12,14,18H,3-6,9-10H2,1-2H3,(H,25,31)(H,24,27,28). The van der Waals surface area contributed by atoms with E-state index in [0.717, 1.165) is 36.0 Å². The van der Waals surface area contributed by atoms with Gasteiger partial charge in [-0.1, -0.05) is 24.4 Å². The second-order valence-corrected chi connectivity index (χ2v) is 9.04. The number of carbonyl (C=O) groups excluding carboxylic acids is 1. The summed E-state index contributed by atoms with van der Waals surface area (Å²) in [6.07, 6.45) is 6.68. The van der Waals surface area contributed by atoms with Gasteiger partial charge in [0.2, 0.25) is 11.9 Å². The number of nitrogens with zero attached hydrogens (tertiary/aromatic N) is 5. The van der Waals surface area contributed by atoms with Crippen molar-refractivity contribution in [2.45, 2.75) is 37.6 Å². The lowest BCUT2D eigenvalue weighted by Crippen LogP contribution is -2.22. The summed E-state index contributed by atoms with van der Waals surface area (Å²) < 4.78 is 2.02. The lowest BCUT2D eigenvalue weighted by molar-refractivity contribution is -0.116. The van der Waals surface area contributed by atoms with Crippen molar-refractivity contribution in [3.05, 3.63) is 40.7 Å². The van der Waals surface area contributed by atoms with Crippen molar-refractivity contribution < 1.29 is 4.79 Å². The first-order valence-electron chi connectivity index (χ1n) is 10.8. The molecule has 31 heavy (non-hydrogen) atoms. The largest absolute Gasteiger partial charge is 0.353 e. The van der Waals surface area contributed by atoms with Crippen LogP contribution in [0.2, 0.25) is 5.02 Å². The molecule has 1 fully saturated rings. The zero-order chi connectivity index (χ0) is 21.5. The van der Waals surface area contributed by atoms with Crippen molar-refractivity contribution in [3.63, 3.8) is 0 Å². The van der Waals surface area contributed by atoms with E-state index in [2.05, 4.69) is 20.5 Å². The number of benzene rings is 1. The summed E-state index contributed by atoms with van der Waals surface area (Å²) in [6.45, 7) is 1.54. The zero-order valence-corrected chi connectivity index (χ0v) is 18.5. The van der Waals surface area contributed by atoms with Gasteiger partial charge in [0, 0.05) is 30.0 Å². The molecule has 1 atom stereocenters. The minimum atomic E-state index is -0.546. The maximum atomic E-state index is 13.0. The normalized spacial score (nSPS) is 18.7. The topological polar surface area (TPSA) is 88.0 Å². The van der Waals surface area contributed by atoms with E-state index in [1.807, 2.05) is 37.1 Å². The summed E-state index contributed by atoms with van der Waals surface area (Å²) >= 11 is 6.26. The van der Waals surface area contributed by atoms with E-state index in [9.17, 15) is 4.79 Å². The second kappa shape index (κ2) is 8.09. The summed E-state index contributed by atoms with van der Waals surface area (Å²) in [5.41, 5.74) is 2.90. The molecule has 0 bridgehead atoms. The van der Waals surface area contributed by atoms with Gasteiger partial charge in [0.25, 0.3) is 0 Å². The van der Waals surface area contributed by atoms with E-state index in [1.54, 1.807) is 6.07 Å². The summed E-state index contributed by atoms with van der Waals surface area (Å²) in [6, 6.07) is 5.84. The third-order valence-electron chi connectivity index (χ3n) is 6.09. The van der Waals surface area contributed by atoms with Gasteiger partial charge in [-0.2, -0.15) is 10.1 Å². The van der Waals surface area contributed by atoms with E-state index < -0.39 is 5.92 Å². The third-order valence-corrected chi connectivity index (χ3v) is 6.32. The monoisotopic (exact) mass is 439 g/mol. The van der Waals surface area contributed by atoms with Crippen molar-refractivity contribution in [3.8, 4) is 0 Å². The Labute approximate surface area is 186 Å². The first-order valence-corrected chi connectivity index (χ1v) is 11.1. The lowest BCUT2D eigenvalue weighted by Gasteiger charge is -2.13. The fourth-order valence-electron chi connectivity index (χ4n) is 4.50. The predicted octanol–water partition coefficient (Wildman–Crippen LogP) is 3.65. The van der Waals surface area contributed by atoms with Crippen LogP contribution in [0.5, 0.6) is 0 Å². The number of hydrogen-bond donors (Lipinski definition) is 2. The lowest BCUT2D eigenvalue weighted by atomic mass is 9.95. The quantitative estimate of drug-likeness (QED) is 0.609. The van der Waals surface area contributed by atoms with Gasteiger partial charge in [-0.25, -0.2) is 4.98 Å². The van der Waals surface area contributed by atoms with Crippen molar-refractivity contribution in [2.24, 2.45) is 0 Å². The number of likely N-dealkylation sites (N-methyl/N-ethyl adjacent to an activating group) is 1. The van der Waals surface area contributed by atoms with Crippen molar-refractivity contribution in [1.82, 2.24) is 24.6 Å². The minimum Gasteiger partial charge on any atom is -0.353 e. The van der Waals surface area contributed by atoms with Crippen molar-refractivity contribution in [2.75, 3.05) is 37.8 Å². The Balaban J connectivity index is 1.61. The second-order valence-electron chi connectivity index (χ2n) is 8.60. The summed E-state index contributed by atoms with van der Waals surface area (Å²) in [5, 5.41) is 12.5. The Bertz CT molecular complexity index is 1140. The molecular weight excluding hydrogens is 414 g/mol. The Morgan fingerprint density at radius 1 is 1.26 bits per heavy atom. The van der Waals surface area contributed by atoms with E-state index >= 15 is 0 Å². The molecule has 1 amide bonds. The van der Waals surface area contributed by atoms with Crippen LogP contribution in [-0.4, -0.2) is 57.7 Å². The Hall–Kier alpha value is -2.71. The van der Waals surface area contributed by atoms with Crippen LogP contribution in [0, 0.1) is 0 Å². The van der Waals surface area contributed by atoms with Crippen LogP contribution in [-0.2, 0) is 4.79 Å². The van der Waals surface area contributed by atoms with Crippen LogP contribution in [0.15, 0.2) is 24.4 Å². The number of hydrogen-bond acceptors (Lipinski definition) is 6. The molecule has 0 saturated heterocycles. The number of rotatable bonds is 6. The molecule has 0 spiro atoms. The van der Waals surface area contributed by atoms with Gasteiger partial charge < -0.3 is 15.5 Å². The highest BCUT2D eigenvalue weighted by atomic mass is 35.5. The van der Waals surface area contributed by atoms with Gasteiger partial charge in [-0.3, -0.25) is 9.48 Å². The summed E-state index contributed by atoms with van der Waals surface area (Å²) in [4.78, 5) is 24.5. The average Bonchev–Trinajstić information content (AvgIpc) is 3.44. The van der Waals surface area contributed by atoms with Crippen LogP contribution in [0.4, 0.5) is 11.6 Å². The molecule has 3 heterocycles. The maximum Gasteiger partial charge on any atom is 0.238 e. The SMILES string of the molecule is CN(C)CCNc1nc(C2C(=O)Nc3ccc(Cl)cc32)c2cn(C3CCCC3)nc2n1. The molecule has 1 aromatic carbocycles. The molecule has 1 aliphatic carbocycles. The maximum absolute atomic E-state index is 13.0. The highest BCUT2D eigenvalue weighted by molar-refractivity contribution is 6.31. The number of halogens is 1. The van der Waals surface area contributed by atoms with E-state index in [1.165, 1.54) is 12.8 Å². The molecule has 5 rings (SSSR count). The fraction of sp³-hybridized carbons (Fsp3) is 0.455. The number of anilines is 2. The molecule has 2 N–H and O–H groups in total. The molecule has 2 aliphatic rings. The molecular formula is C22H26ClN7O. The van der Waals surface area contributed by atoms with Crippen LogP contribution in [0.25, 0.3) is 11.0 Å². The predicted molar refractivity (Wildman–Crippen MR) is 122 cm³/mol. The minimum absolute atomic E-state index is 0.106. The van der Waals surface area contributed by atoms with Crippen LogP contribution in [0.3, 0.4) is 0 Å². The van der Waals surface area contributed by atoms with Crippen molar-refractivity contribution >= 4 is 40.2 Å². The molecule has 8 nitrogen and oxygen atoms in total. The van der Waals surface area contributed by atoms with Gasteiger partial charge in [0.15, 0.2) is 5.65 Å². The molecule has 1 aliphatic heterocycles. The van der Waals surface area contributed by atoms with E-state index in [4.69, 9.17) is 21.7 Å². The van der Waals surface area contributed by atoms with Gasteiger partial charge in [0.05, 0.1) is 17.1 Å². The van der Waals surface area contributed by atoms with E-state index in [0.29, 0.717) is 34.9 Å². The number of amides is 1. The number of fused-ring (bicyclic) bond motifs is 2. The molecule has 3 aromatic rings. The van der Waals surface area contributed by atoms with E-state index in [-0.39, 0.29) is 5.91 Å². The van der Waals surface area contributed by atoms with Gasteiger partial charge in [-0.15, -0.1) is 0 Å². The van der Waals surface area contributed by atoms with Crippen molar-refractivity contribution in [1.29, 1.82) is 0 Å². The molecule has 162 valence electrons. The highest BCUT2D eigenvalue weighted by Gasteiger charge is 2.36. The molecule has 9 heteroatoms. The average molecular weight is 440 g/mol. The Morgan fingerprint density at radius 2 is 2.06 bits per heavy atom. The van der Waals surface area contributed by atoms with Gasteiger partial charge in [0.1, 0.15) is 5.92 Å². The van der Waals surface area contributed by atoms with Crippen LogP contribution < -0.4 is 10.6 Å². The molecule has 1 unspecified atom stereocenters. The molecule has 0 radical (unpaired) electrons. The van der Waals surface area contributed by atoms with Gasteiger partial charge in [-0.05, 0) is 50.7 Å². The van der Waals surface area contributed by atoms with Crippen LogP contribution in [0.1, 0.15) is 48.9 Å². The summed E-state index contributed by atoms with van der Waals surface area (Å²) in [7, 11) is 4.04. The molecule has 1 saturated carbocycles. The smallest absolute Gasteiger partial charge is 0.238 e. The fourth-order valence-corrected chi connectivity index (χ4v) is 4.68. The number of aromatic nitrogens is 4. The van der Waals surface area contributed by atoms with Gasteiger partial charge >= 0.3 is 0 Å². The zero-order valence-electron chi connectivity index (χ0n) is 17.7. The Kier molecular flexibility index (Phi) is 5.27. The third kappa shape index (κ3) is 3.85. The Morgan fingerprint density at radius 3 is 2.84 bits per heavy atom. The molecule has 2 aromatic heterocycles.